The number of methoxy groups -OCH3 is 1. The molecule has 23 heavy (non-hydrogen) atoms. The third kappa shape index (κ3) is 4.33. The second kappa shape index (κ2) is 8.34. The minimum atomic E-state index is -0.165. The Bertz CT molecular complexity index is 667. The first-order valence-corrected chi connectivity index (χ1v) is 7.78. The van der Waals surface area contributed by atoms with Gasteiger partial charge in [0, 0.05) is 12.8 Å². The first-order valence-electron chi connectivity index (χ1n) is 7.78. The number of ether oxygens (including phenoxy) is 2. The maximum Gasteiger partial charge on any atom is 0.259 e. The van der Waals surface area contributed by atoms with E-state index in [9.17, 15) is 4.79 Å². The van der Waals surface area contributed by atoms with Crippen LogP contribution in [0, 0.1) is 6.92 Å². The van der Waals surface area contributed by atoms with Crippen molar-refractivity contribution in [2.24, 2.45) is 0 Å². The van der Waals surface area contributed by atoms with Crippen molar-refractivity contribution in [3.05, 3.63) is 59.2 Å². The van der Waals surface area contributed by atoms with Crippen LogP contribution in [-0.4, -0.2) is 26.2 Å². The topological polar surface area (TPSA) is 47.6 Å². The van der Waals surface area contributed by atoms with E-state index in [2.05, 4.69) is 12.2 Å². The molecule has 0 spiro atoms. The van der Waals surface area contributed by atoms with E-state index in [0.29, 0.717) is 24.5 Å². The van der Waals surface area contributed by atoms with Crippen LogP contribution >= 0.6 is 0 Å². The van der Waals surface area contributed by atoms with Crippen molar-refractivity contribution in [1.29, 1.82) is 0 Å². The predicted octanol–water partition coefficient (Wildman–Crippen LogP) is 3.83. The van der Waals surface area contributed by atoms with Gasteiger partial charge in [-0.15, -0.1) is 0 Å². The van der Waals surface area contributed by atoms with Gasteiger partial charge in [0.25, 0.3) is 5.91 Å². The largest absolute Gasteiger partial charge is 0.490 e. The van der Waals surface area contributed by atoms with Crippen molar-refractivity contribution in [2.45, 2.75) is 20.3 Å². The Labute approximate surface area is 137 Å². The van der Waals surface area contributed by atoms with E-state index in [1.165, 1.54) is 0 Å². The number of anilines is 1. The summed E-state index contributed by atoms with van der Waals surface area (Å²) in [5, 5.41) is 3.03. The van der Waals surface area contributed by atoms with E-state index in [0.717, 1.165) is 23.2 Å². The highest BCUT2D eigenvalue weighted by atomic mass is 16.5. The molecule has 2 aromatic rings. The Hall–Kier alpha value is -2.33. The quantitative estimate of drug-likeness (QED) is 0.790. The van der Waals surface area contributed by atoms with Crippen LogP contribution in [0.25, 0.3) is 0 Å². The van der Waals surface area contributed by atoms with Gasteiger partial charge < -0.3 is 14.8 Å². The number of hydrogen-bond donors (Lipinski definition) is 1. The molecule has 0 aliphatic carbocycles. The molecule has 1 amide bonds. The average molecular weight is 313 g/mol. The Balaban J connectivity index is 2.22. The second-order valence-corrected chi connectivity index (χ2v) is 5.25. The normalized spacial score (nSPS) is 10.4. The monoisotopic (exact) mass is 313 g/mol. The summed E-state index contributed by atoms with van der Waals surface area (Å²) >= 11 is 0. The van der Waals surface area contributed by atoms with E-state index in [1.54, 1.807) is 19.2 Å². The first-order chi connectivity index (χ1) is 11.2. The smallest absolute Gasteiger partial charge is 0.259 e. The van der Waals surface area contributed by atoms with Crippen LogP contribution in [0.2, 0.25) is 0 Å². The predicted molar refractivity (Wildman–Crippen MR) is 92.3 cm³/mol. The second-order valence-electron chi connectivity index (χ2n) is 5.25. The fourth-order valence-corrected chi connectivity index (χ4v) is 2.40. The number of amides is 1. The zero-order valence-corrected chi connectivity index (χ0v) is 13.9. The first kappa shape index (κ1) is 17.0. The van der Waals surface area contributed by atoms with E-state index >= 15 is 0 Å². The van der Waals surface area contributed by atoms with Crippen molar-refractivity contribution < 1.29 is 14.3 Å². The average Bonchev–Trinajstić information content (AvgIpc) is 2.57. The molecule has 0 aromatic heterocycles. The van der Waals surface area contributed by atoms with E-state index in [-0.39, 0.29) is 5.91 Å². The highest BCUT2D eigenvalue weighted by Gasteiger charge is 2.14. The van der Waals surface area contributed by atoms with Crippen LogP contribution in [0.1, 0.15) is 28.4 Å². The highest BCUT2D eigenvalue weighted by molar-refractivity contribution is 6.06. The van der Waals surface area contributed by atoms with Gasteiger partial charge in [-0.05, 0) is 36.6 Å². The van der Waals surface area contributed by atoms with Crippen LogP contribution in [0.5, 0.6) is 5.75 Å². The zero-order chi connectivity index (χ0) is 16.7. The Kier molecular flexibility index (Phi) is 6.18. The zero-order valence-electron chi connectivity index (χ0n) is 13.9. The molecule has 0 fully saturated rings. The van der Waals surface area contributed by atoms with Crippen LogP contribution < -0.4 is 10.1 Å². The van der Waals surface area contributed by atoms with E-state index in [4.69, 9.17) is 9.47 Å². The van der Waals surface area contributed by atoms with Gasteiger partial charge in [-0.25, -0.2) is 0 Å². The molecule has 2 rings (SSSR count). The molecule has 0 radical (unpaired) electrons. The lowest BCUT2D eigenvalue weighted by Gasteiger charge is -2.15. The molecule has 0 atom stereocenters. The van der Waals surface area contributed by atoms with Crippen molar-refractivity contribution in [1.82, 2.24) is 0 Å². The van der Waals surface area contributed by atoms with Crippen molar-refractivity contribution in [3.63, 3.8) is 0 Å². The molecule has 4 nitrogen and oxygen atoms in total. The molecule has 0 aliphatic heterocycles. The van der Waals surface area contributed by atoms with Crippen LogP contribution in [-0.2, 0) is 11.2 Å². The Morgan fingerprint density at radius 3 is 2.61 bits per heavy atom. The van der Waals surface area contributed by atoms with Crippen molar-refractivity contribution in [2.75, 3.05) is 25.6 Å². The summed E-state index contributed by atoms with van der Waals surface area (Å²) in [4.78, 5) is 12.7. The summed E-state index contributed by atoms with van der Waals surface area (Å²) in [7, 11) is 1.62. The van der Waals surface area contributed by atoms with E-state index in [1.807, 2.05) is 37.3 Å². The third-order valence-electron chi connectivity index (χ3n) is 3.66. The van der Waals surface area contributed by atoms with Crippen molar-refractivity contribution in [3.8, 4) is 5.75 Å². The molecule has 0 saturated carbocycles. The maximum absolute atomic E-state index is 12.7. The Morgan fingerprint density at radius 2 is 1.87 bits per heavy atom. The molecular weight excluding hydrogens is 290 g/mol. The number of carbonyl (C=O) groups is 1. The van der Waals surface area contributed by atoms with Gasteiger partial charge in [0.15, 0.2) is 0 Å². The SMILES string of the molecule is CCc1cccc(C)c1NC(=O)c1ccccc1OCCOC. The molecule has 4 heteroatoms. The lowest BCUT2D eigenvalue weighted by atomic mass is 10.1. The third-order valence-corrected chi connectivity index (χ3v) is 3.66. The summed E-state index contributed by atoms with van der Waals surface area (Å²) in [6.07, 6.45) is 0.864. The fourth-order valence-electron chi connectivity index (χ4n) is 2.40. The summed E-state index contributed by atoms with van der Waals surface area (Å²) in [5.41, 5.74) is 3.58. The summed E-state index contributed by atoms with van der Waals surface area (Å²) < 4.78 is 10.6. The molecule has 0 bridgehead atoms. The maximum atomic E-state index is 12.7. The minimum absolute atomic E-state index is 0.165. The van der Waals surface area contributed by atoms with Gasteiger partial charge in [-0.2, -0.15) is 0 Å². The molecule has 122 valence electrons. The number of aryl methyl sites for hydroxylation is 2. The van der Waals surface area contributed by atoms with Gasteiger partial charge in [0.05, 0.1) is 12.2 Å². The molecule has 0 heterocycles. The molecule has 2 aromatic carbocycles. The number of rotatable bonds is 7. The lowest BCUT2D eigenvalue weighted by Crippen LogP contribution is -2.16. The lowest BCUT2D eigenvalue weighted by molar-refractivity contribution is 0.101. The van der Waals surface area contributed by atoms with Gasteiger partial charge >= 0.3 is 0 Å². The van der Waals surface area contributed by atoms with Crippen LogP contribution in [0.3, 0.4) is 0 Å². The van der Waals surface area contributed by atoms with Crippen LogP contribution in [0.15, 0.2) is 42.5 Å². The van der Waals surface area contributed by atoms with Crippen LogP contribution in [0.4, 0.5) is 5.69 Å². The van der Waals surface area contributed by atoms with E-state index < -0.39 is 0 Å². The fraction of sp³-hybridized carbons (Fsp3) is 0.316. The summed E-state index contributed by atoms with van der Waals surface area (Å²) in [6.45, 7) is 4.96. The number of carbonyl (C=O) groups excluding carboxylic acids is 1. The van der Waals surface area contributed by atoms with Crippen molar-refractivity contribution >= 4 is 11.6 Å². The highest BCUT2D eigenvalue weighted by Crippen LogP contribution is 2.24. The molecular formula is C19H23NO3. The molecule has 0 aliphatic rings. The molecule has 0 saturated heterocycles. The summed E-state index contributed by atoms with van der Waals surface area (Å²) in [5.74, 6) is 0.399. The number of para-hydroxylation sites is 2. The van der Waals surface area contributed by atoms with Gasteiger partial charge in [-0.3, -0.25) is 4.79 Å². The standard InChI is InChI=1S/C19H23NO3/c1-4-15-9-7-8-14(2)18(15)20-19(21)16-10-5-6-11-17(16)23-13-12-22-3/h5-11H,4,12-13H2,1-3H3,(H,20,21). The molecule has 1 N–H and O–H groups in total. The number of nitrogens with one attached hydrogen (secondary N) is 1. The van der Waals surface area contributed by atoms with Gasteiger partial charge in [0.2, 0.25) is 0 Å². The van der Waals surface area contributed by atoms with Gasteiger partial charge in [-0.1, -0.05) is 37.3 Å². The molecule has 0 unspecified atom stereocenters. The Morgan fingerprint density at radius 1 is 1.09 bits per heavy atom. The number of hydrogen-bond acceptors (Lipinski definition) is 3. The van der Waals surface area contributed by atoms with Gasteiger partial charge in [0.1, 0.15) is 12.4 Å². The number of benzene rings is 2. The summed E-state index contributed by atoms with van der Waals surface area (Å²) in [6, 6.07) is 13.3. The minimum Gasteiger partial charge on any atom is -0.490 e.